The molecule has 1 saturated heterocycles. The van der Waals surface area contributed by atoms with E-state index in [1.807, 2.05) is 0 Å². The van der Waals surface area contributed by atoms with Gasteiger partial charge in [-0.3, -0.25) is 4.79 Å². The third kappa shape index (κ3) is 1.74. The van der Waals surface area contributed by atoms with E-state index in [1.165, 1.54) is 0 Å². The molecule has 82 valence electrons. The van der Waals surface area contributed by atoms with Crippen LogP contribution < -0.4 is 0 Å². The van der Waals surface area contributed by atoms with Gasteiger partial charge in [0.25, 0.3) is 0 Å². The van der Waals surface area contributed by atoms with E-state index < -0.39 is 8.24 Å². The molecule has 0 N–H and O–H groups in total. The van der Waals surface area contributed by atoms with Gasteiger partial charge in [-0.05, 0) is 11.5 Å². The van der Waals surface area contributed by atoms with Crippen LogP contribution in [0.5, 0.6) is 0 Å². The molecule has 0 saturated carbocycles. The Hall–Kier alpha value is -0.313. The molecule has 0 aromatic rings. The summed E-state index contributed by atoms with van der Waals surface area (Å²) in [6.07, 6.45) is 1.05. The molecule has 0 aromatic heterocycles. The van der Waals surface area contributed by atoms with E-state index in [-0.39, 0.29) is 11.0 Å². The van der Waals surface area contributed by atoms with Crippen molar-refractivity contribution in [3.8, 4) is 0 Å². The van der Waals surface area contributed by atoms with Gasteiger partial charge in [0.15, 0.2) is 8.24 Å². The lowest BCUT2D eigenvalue weighted by atomic mass is 10.1. The predicted octanol–water partition coefficient (Wildman–Crippen LogP) is 2.86. The van der Waals surface area contributed by atoms with E-state index in [0.717, 1.165) is 13.0 Å². The molecule has 2 nitrogen and oxygen atoms in total. The minimum atomic E-state index is -1.59. The lowest BCUT2D eigenvalue weighted by Crippen LogP contribution is -2.55. The van der Waals surface area contributed by atoms with Gasteiger partial charge in [-0.1, -0.05) is 40.8 Å². The van der Waals surface area contributed by atoms with Gasteiger partial charge in [-0.15, -0.1) is 0 Å². The second kappa shape index (κ2) is 3.37. The summed E-state index contributed by atoms with van der Waals surface area (Å²) in [7, 11) is -1.59. The Morgan fingerprint density at radius 2 is 1.86 bits per heavy atom. The van der Waals surface area contributed by atoms with Crippen LogP contribution in [0.25, 0.3) is 0 Å². The van der Waals surface area contributed by atoms with E-state index in [4.69, 9.17) is 0 Å². The maximum absolute atomic E-state index is 12.0. The van der Waals surface area contributed by atoms with Crippen molar-refractivity contribution in [3.05, 3.63) is 0 Å². The first-order valence-electron chi connectivity index (χ1n) is 5.49. The smallest absolute Gasteiger partial charge is 0.217 e. The Balaban J connectivity index is 2.89. The van der Waals surface area contributed by atoms with Crippen LogP contribution in [0.2, 0.25) is 18.1 Å². The van der Waals surface area contributed by atoms with Crippen LogP contribution in [0.4, 0.5) is 0 Å². The van der Waals surface area contributed by atoms with E-state index in [0.29, 0.717) is 5.91 Å². The Morgan fingerprint density at radius 3 is 2.14 bits per heavy atom. The summed E-state index contributed by atoms with van der Waals surface area (Å²) >= 11 is 0. The van der Waals surface area contributed by atoms with E-state index in [2.05, 4.69) is 45.4 Å². The van der Waals surface area contributed by atoms with Crippen LogP contribution in [0.3, 0.4) is 0 Å². The third-order valence-corrected chi connectivity index (χ3v) is 9.45. The third-order valence-electron chi connectivity index (χ3n) is 3.98. The highest BCUT2D eigenvalue weighted by atomic mass is 28.3. The zero-order valence-corrected chi connectivity index (χ0v) is 11.3. The standard InChI is InChI=1S/C11H23NOSi/c1-9-7-8-12(10(9)13)14(5,6)11(2,3)4/h9H,7-8H2,1-6H3/t9-/m0/s1. The second-order valence-corrected chi connectivity index (χ2v) is 11.1. The number of carbonyl (C=O) groups excluding carboxylic acids is 1. The lowest BCUT2D eigenvalue weighted by molar-refractivity contribution is -0.127. The summed E-state index contributed by atoms with van der Waals surface area (Å²) in [4.78, 5) is 12.0. The SMILES string of the molecule is C[C@H]1CCN([Si](C)(C)C(C)(C)C)C1=O. The molecule has 1 heterocycles. The van der Waals surface area contributed by atoms with Crippen molar-refractivity contribution in [2.75, 3.05) is 6.54 Å². The largest absolute Gasteiger partial charge is 0.369 e. The van der Waals surface area contributed by atoms with Gasteiger partial charge in [0.1, 0.15) is 0 Å². The predicted molar refractivity (Wildman–Crippen MR) is 62.7 cm³/mol. The molecule has 1 rings (SSSR count). The Bertz CT molecular complexity index is 242. The van der Waals surface area contributed by atoms with Gasteiger partial charge in [-0.25, -0.2) is 0 Å². The van der Waals surface area contributed by atoms with Crippen LogP contribution >= 0.6 is 0 Å². The normalized spacial score (nSPS) is 24.6. The molecule has 14 heavy (non-hydrogen) atoms. The number of carbonyl (C=O) groups is 1. The molecular formula is C11H23NOSi. The molecule has 0 unspecified atom stereocenters. The van der Waals surface area contributed by atoms with Crippen LogP contribution in [-0.2, 0) is 4.79 Å². The first-order valence-corrected chi connectivity index (χ1v) is 8.44. The molecule has 3 heteroatoms. The molecule has 1 amide bonds. The minimum Gasteiger partial charge on any atom is -0.369 e. The topological polar surface area (TPSA) is 20.3 Å². The molecule has 1 aliphatic heterocycles. The number of nitrogens with zero attached hydrogens (tertiary/aromatic N) is 1. The summed E-state index contributed by atoms with van der Waals surface area (Å²) in [5.74, 6) is 0.640. The molecule has 1 aliphatic rings. The highest BCUT2D eigenvalue weighted by molar-refractivity contribution is 6.79. The minimum absolute atomic E-state index is 0.254. The monoisotopic (exact) mass is 213 g/mol. The summed E-state index contributed by atoms with van der Waals surface area (Å²) in [6, 6.07) is 0. The van der Waals surface area contributed by atoms with Crippen molar-refractivity contribution in [1.29, 1.82) is 0 Å². The Kier molecular flexibility index (Phi) is 2.83. The second-order valence-electron chi connectivity index (χ2n) is 5.99. The van der Waals surface area contributed by atoms with Crippen molar-refractivity contribution < 1.29 is 4.79 Å². The van der Waals surface area contributed by atoms with Crippen molar-refractivity contribution in [1.82, 2.24) is 4.57 Å². The molecule has 0 bridgehead atoms. The molecule has 0 spiro atoms. The van der Waals surface area contributed by atoms with E-state index in [1.54, 1.807) is 0 Å². The number of hydrogen-bond acceptors (Lipinski definition) is 1. The van der Waals surface area contributed by atoms with E-state index in [9.17, 15) is 4.79 Å². The van der Waals surface area contributed by atoms with Crippen LogP contribution in [-0.4, -0.2) is 25.3 Å². The van der Waals surface area contributed by atoms with Gasteiger partial charge < -0.3 is 4.57 Å². The van der Waals surface area contributed by atoms with Gasteiger partial charge in [0, 0.05) is 12.5 Å². The fourth-order valence-corrected chi connectivity index (χ4v) is 4.05. The first kappa shape index (κ1) is 11.8. The van der Waals surface area contributed by atoms with Crippen molar-refractivity contribution in [2.45, 2.75) is 52.2 Å². The van der Waals surface area contributed by atoms with Crippen molar-refractivity contribution in [3.63, 3.8) is 0 Å². The van der Waals surface area contributed by atoms with Gasteiger partial charge >= 0.3 is 0 Å². The summed E-state index contributed by atoms with van der Waals surface area (Å²) in [5.41, 5.74) is 0. The Labute approximate surface area is 88.8 Å². The number of hydrogen-bond donors (Lipinski definition) is 0. The van der Waals surface area contributed by atoms with Gasteiger partial charge in [0.2, 0.25) is 5.91 Å². The van der Waals surface area contributed by atoms with Crippen LogP contribution in [0.15, 0.2) is 0 Å². The average molecular weight is 213 g/mol. The van der Waals surface area contributed by atoms with Gasteiger partial charge in [-0.2, -0.15) is 0 Å². The zero-order valence-electron chi connectivity index (χ0n) is 10.3. The quantitative estimate of drug-likeness (QED) is 0.613. The number of amides is 1. The number of rotatable bonds is 1. The summed E-state index contributed by atoms with van der Waals surface area (Å²) in [5, 5.41) is 0.271. The van der Waals surface area contributed by atoms with E-state index >= 15 is 0 Å². The molecule has 0 radical (unpaired) electrons. The van der Waals surface area contributed by atoms with Crippen LogP contribution in [0.1, 0.15) is 34.1 Å². The van der Waals surface area contributed by atoms with Crippen molar-refractivity contribution >= 4 is 14.1 Å². The molecule has 0 aliphatic carbocycles. The molecule has 0 aromatic carbocycles. The van der Waals surface area contributed by atoms with Gasteiger partial charge in [0.05, 0.1) is 0 Å². The van der Waals surface area contributed by atoms with Crippen molar-refractivity contribution in [2.24, 2.45) is 5.92 Å². The zero-order chi connectivity index (χ0) is 11.1. The molecular weight excluding hydrogens is 190 g/mol. The molecule has 1 atom stereocenters. The first-order chi connectivity index (χ1) is 6.18. The lowest BCUT2D eigenvalue weighted by Gasteiger charge is -2.44. The average Bonchev–Trinajstić information content (AvgIpc) is 2.30. The highest BCUT2D eigenvalue weighted by Crippen LogP contribution is 2.40. The fraction of sp³-hybridized carbons (Fsp3) is 0.909. The summed E-state index contributed by atoms with van der Waals surface area (Å²) < 4.78 is 2.19. The maximum atomic E-state index is 12.0. The fourth-order valence-electron chi connectivity index (χ4n) is 1.78. The highest BCUT2D eigenvalue weighted by Gasteiger charge is 2.46. The molecule has 1 fully saturated rings. The maximum Gasteiger partial charge on any atom is 0.217 e. The Morgan fingerprint density at radius 1 is 1.36 bits per heavy atom. The van der Waals surface area contributed by atoms with Crippen LogP contribution in [0, 0.1) is 5.92 Å². The summed E-state index contributed by atoms with van der Waals surface area (Å²) in [6.45, 7) is 14.4.